The molecule has 2 aromatic rings. The third-order valence-electron chi connectivity index (χ3n) is 5.55. The normalized spacial score (nSPS) is 25.1. The second-order valence-electron chi connectivity index (χ2n) is 7.54. The van der Waals surface area contributed by atoms with Gasteiger partial charge < -0.3 is 10.1 Å². The molecule has 1 saturated heterocycles. The Bertz CT molecular complexity index is 876. The van der Waals surface area contributed by atoms with Crippen LogP contribution in [0.1, 0.15) is 54.7 Å². The van der Waals surface area contributed by atoms with Gasteiger partial charge in [-0.2, -0.15) is 5.10 Å². The Hall–Kier alpha value is -2.28. The first-order valence-electron chi connectivity index (χ1n) is 9.57. The molecule has 0 radical (unpaired) electrons. The zero-order chi connectivity index (χ0) is 17.5. The fraction of sp³-hybridized carbons (Fsp3) is 0.579. The van der Waals surface area contributed by atoms with Crippen LogP contribution in [0.4, 0.5) is 5.82 Å². The van der Waals surface area contributed by atoms with E-state index < -0.39 is 0 Å². The Morgan fingerprint density at radius 2 is 2.08 bits per heavy atom. The first-order chi connectivity index (χ1) is 12.8. The largest absolute Gasteiger partial charge is 0.377 e. The summed E-state index contributed by atoms with van der Waals surface area (Å²) in [5.74, 6) is 2.22. The Balaban J connectivity index is 1.40. The molecule has 7 heteroatoms. The number of hydrogen-bond acceptors (Lipinski definition) is 6. The van der Waals surface area contributed by atoms with Gasteiger partial charge in [0.05, 0.1) is 24.9 Å². The van der Waals surface area contributed by atoms with Crippen molar-refractivity contribution in [2.24, 2.45) is 0 Å². The summed E-state index contributed by atoms with van der Waals surface area (Å²) >= 11 is 0. The molecule has 0 amide bonds. The van der Waals surface area contributed by atoms with Crippen LogP contribution in [-0.4, -0.2) is 39.0 Å². The molecule has 7 nitrogen and oxygen atoms in total. The Labute approximate surface area is 151 Å². The number of aryl methyl sites for hydroxylation is 2. The van der Waals surface area contributed by atoms with E-state index in [2.05, 4.69) is 15.3 Å². The minimum Gasteiger partial charge on any atom is -0.377 e. The van der Waals surface area contributed by atoms with E-state index in [-0.39, 0.29) is 17.6 Å². The molecule has 2 atom stereocenters. The number of ether oxygens (including phenoxy) is 1. The van der Waals surface area contributed by atoms with Gasteiger partial charge in [-0.05, 0) is 50.2 Å². The number of rotatable bonds is 4. The number of fused-ring (bicyclic) bond motifs is 1. The van der Waals surface area contributed by atoms with Crippen molar-refractivity contribution in [2.75, 3.05) is 18.5 Å². The van der Waals surface area contributed by atoms with Crippen molar-refractivity contribution in [3.63, 3.8) is 0 Å². The summed E-state index contributed by atoms with van der Waals surface area (Å²) in [5.41, 5.74) is 2.15. The van der Waals surface area contributed by atoms with Crippen LogP contribution in [0.5, 0.6) is 0 Å². The number of aromatic nitrogens is 4. The predicted molar refractivity (Wildman–Crippen MR) is 96.4 cm³/mol. The van der Waals surface area contributed by atoms with E-state index in [1.54, 1.807) is 16.9 Å². The second kappa shape index (κ2) is 6.46. The SMILES string of the molecule is O=c1cc2c(nn1C1COCC1Nc1ccnc(C3CC3)n1)CCCC2. The lowest BCUT2D eigenvalue weighted by Crippen LogP contribution is -2.38. The lowest BCUT2D eigenvalue weighted by molar-refractivity contribution is 0.182. The van der Waals surface area contributed by atoms with E-state index in [9.17, 15) is 4.79 Å². The zero-order valence-electron chi connectivity index (χ0n) is 14.7. The van der Waals surface area contributed by atoms with Gasteiger partial charge in [-0.1, -0.05) is 0 Å². The van der Waals surface area contributed by atoms with Crippen LogP contribution in [0.15, 0.2) is 23.1 Å². The summed E-state index contributed by atoms with van der Waals surface area (Å²) < 4.78 is 7.30. The number of hydrogen-bond donors (Lipinski definition) is 1. The van der Waals surface area contributed by atoms with E-state index in [1.807, 2.05) is 6.07 Å². The van der Waals surface area contributed by atoms with E-state index >= 15 is 0 Å². The van der Waals surface area contributed by atoms with Gasteiger partial charge in [0.15, 0.2) is 0 Å². The second-order valence-corrected chi connectivity index (χ2v) is 7.54. The molecule has 1 N–H and O–H groups in total. The zero-order valence-corrected chi connectivity index (χ0v) is 14.7. The topological polar surface area (TPSA) is 81.9 Å². The van der Waals surface area contributed by atoms with Crippen LogP contribution in [0, 0.1) is 0 Å². The minimum absolute atomic E-state index is 0.0243. The maximum absolute atomic E-state index is 12.6. The van der Waals surface area contributed by atoms with Crippen LogP contribution in [0.2, 0.25) is 0 Å². The fourth-order valence-corrected chi connectivity index (χ4v) is 3.92. The van der Waals surface area contributed by atoms with Crippen molar-refractivity contribution < 1.29 is 4.74 Å². The van der Waals surface area contributed by atoms with E-state index in [0.717, 1.165) is 48.6 Å². The summed E-state index contributed by atoms with van der Waals surface area (Å²) in [4.78, 5) is 21.6. The first kappa shape index (κ1) is 15.9. The Kier molecular flexibility index (Phi) is 3.96. The standard InChI is InChI=1S/C19H23N5O2/c25-18-9-13-3-1-2-4-14(13)23-24(18)16-11-26-10-15(16)21-17-7-8-20-19(22-17)12-5-6-12/h7-9,12,15-16H,1-6,10-11H2,(H,20,21,22). The summed E-state index contributed by atoms with van der Waals surface area (Å²) in [5, 5.41) is 8.14. The van der Waals surface area contributed by atoms with Gasteiger partial charge in [0.25, 0.3) is 5.56 Å². The minimum atomic E-state index is -0.117. The Morgan fingerprint density at radius 3 is 2.96 bits per heavy atom. The average Bonchev–Trinajstić information content (AvgIpc) is 3.42. The maximum Gasteiger partial charge on any atom is 0.267 e. The monoisotopic (exact) mass is 353 g/mol. The van der Waals surface area contributed by atoms with E-state index in [1.165, 1.54) is 12.8 Å². The molecule has 1 aliphatic heterocycles. The molecular formula is C19H23N5O2. The van der Waals surface area contributed by atoms with Crippen LogP contribution >= 0.6 is 0 Å². The van der Waals surface area contributed by atoms with Gasteiger partial charge in [0.1, 0.15) is 17.7 Å². The average molecular weight is 353 g/mol. The lowest BCUT2D eigenvalue weighted by atomic mass is 9.97. The molecular weight excluding hydrogens is 330 g/mol. The summed E-state index contributed by atoms with van der Waals surface area (Å²) in [6.07, 6.45) is 8.36. The molecule has 0 spiro atoms. The maximum atomic E-state index is 12.6. The van der Waals surface area contributed by atoms with Gasteiger partial charge in [-0.3, -0.25) is 4.79 Å². The highest BCUT2D eigenvalue weighted by molar-refractivity contribution is 5.36. The van der Waals surface area contributed by atoms with Gasteiger partial charge >= 0.3 is 0 Å². The van der Waals surface area contributed by atoms with E-state index in [0.29, 0.717) is 19.1 Å². The van der Waals surface area contributed by atoms with Crippen molar-refractivity contribution in [1.29, 1.82) is 0 Å². The van der Waals surface area contributed by atoms with Crippen molar-refractivity contribution in [3.8, 4) is 0 Å². The molecule has 2 fully saturated rings. The van der Waals surface area contributed by atoms with Gasteiger partial charge in [0.2, 0.25) is 0 Å². The molecule has 2 unspecified atom stereocenters. The quantitative estimate of drug-likeness (QED) is 0.903. The highest BCUT2D eigenvalue weighted by atomic mass is 16.5. The van der Waals surface area contributed by atoms with Gasteiger partial charge in [-0.25, -0.2) is 14.6 Å². The molecule has 5 rings (SSSR count). The molecule has 26 heavy (non-hydrogen) atoms. The fourth-order valence-electron chi connectivity index (χ4n) is 3.92. The molecule has 136 valence electrons. The van der Waals surface area contributed by atoms with Crippen LogP contribution < -0.4 is 10.9 Å². The van der Waals surface area contributed by atoms with Crippen molar-refractivity contribution in [2.45, 2.75) is 56.5 Å². The molecule has 1 saturated carbocycles. The molecule has 3 heterocycles. The van der Waals surface area contributed by atoms with Gasteiger partial charge in [-0.15, -0.1) is 0 Å². The Morgan fingerprint density at radius 1 is 1.19 bits per heavy atom. The summed E-state index contributed by atoms with van der Waals surface area (Å²) in [7, 11) is 0. The summed E-state index contributed by atoms with van der Waals surface area (Å²) in [6.45, 7) is 1.03. The predicted octanol–water partition coefficient (Wildman–Crippen LogP) is 1.84. The smallest absolute Gasteiger partial charge is 0.267 e. The molecule has 3 aliphatic rings. The third kappa shape index (κ3) is 3.00. The van der Waals surface area contributed by atoms with Crippen molar-refractivity contribution in [1.82, 2.24) is 19.7 Å². The molecule has 2 aliphatic carbocycles. The van der Waals surface area contributed by atoms with Gasteiger partial charge in [0, 0.05) is 18.2 Å². The number of anilines is 1. The molecule has 0 aromatic carbocycles. The van der Waals surface area contributed by atoms with E-state index in [4.69, 9.17) is 9.84 Å². The van der Waals surface area contributed by atoms with Crippen LogP contribution in [0.3, 0.4) is 0 Å². The van der Waals surface area contributed by atoms with Crippen LogP contribution in [0.25, 0.3) is 0 Å². The molecule has 2 aromatic heterocycles. The van der Waals surface area contributed by atoms with Crippen molar-refractivity contribution >= 4 is 5.82 Å². The third-order valence-corrected chi connectivity index (χ3v) is 5.55. The highest BCUT2D eigenvalue weighted by Crippen LogP contribution is 2.38. The summed E-state index contributed by atoms with van der Waals surface area (Å²) in [6, 6.07) is 3.51. The first-order valence-corrected chi connectivity index (χ1v) is 9.57. The lowest BCUT2D eigenvalue weighted by Gasteiger charge is -2.23. The molecule has 0 bridgehead atoms. The number of nitrogens with zero attached hydrogens (tertiary/aromatic N) is 4. The van der Waals surface area contributed by atoms with Crippen molar-refractivity contribution in [3.05, 3.63) is 45.8 Å². The van der Waals surface area contributed by atoms with Crippen LogP contribution in [-0.2, 0) is 17.6 Å². The highest BCUT2D eigenvalue weighted by Gasteiger charge is 2.33. The number of nitrogens with one attached hydrogen (secondary N) is 1.